The van der Waals surface area contributed by atoms with Gasteiger partial charge in [0.1, 0.15) is 0 Å². The van der Waals surface area contributed by atoms with Crippen molar-refractivity contribution >= 4 is 12.4 Å². The summed E-state index contributed by atoms with van der Waals surface area (Å²) in [5.74, 6) is 0. The van der Waals surface area contributed by atoms with Gasteiger partial charge in [-0.05, 0) is 20.8 Å². The summed E-state index contributed by atoms with van der Waals surface area (Å²) in [6, 6.07) is 0.0312. The molecule has 2 atom stereocenters. The number of aliphatic hydroxyl groups is 1. The molecule has 1 saturated heterocycles. The molecule has 2 N–H and O–H groups in total. The van der Waals surface area contributed by atoms with Crippen LogP contribution in [0.3, 0.4) is 0 Å². The lowest BCUT2D eigenvalue weighted by Gasteiger charge is -2.38. The van der Waals surface area contributed by atoms with Crippen molar-refractivity contribution in [3.63, 3.8) is 0 Å². The maximum absolute atomic E-state index is 9.13. The second kappa shape index (κ2) is 3.72. The van der Waals surface area contributed by atoms with E-state index in [0.717, 1.165) is 0 Å². The summed E-state index contributed by atoms with van der Waals surface area (Å²) < 4.78 is 5.10. The molecule has 1 fully saturated rings. The van der Waals surface area contributed by atoms with E-state index in [0.29, 0.717) is 6.61 Å². The van der Waals surface area contributed by atoms with Crippen LogP contribution in [0, 0.1) is 0 Å². The van der Waals surface area contributed by atoms with Gasteiger partial charge in [0, 0.05) is 5.54 Å². The summed E-state index contributed by atoms with van der Waals surface area (Å²) >= 11 is 0. The van der Waals surface area contributed by atoms with Crippen molar-refractivity contribution in [1.82, 2.24) is 5.32 Å². The molecule has 1 aliphatic heterocycles. The van der Waals surface area contributed by atoms with Crippen molar-refractivity contribution < 1.29 is 9.84 Å². The number of hydrogen-bond donors (Lipinski definition) is 2. The largest absolute Gasteiger partial charge is 0.367 e. The molecule has 68 valence electrons. The summed E-state index contributed by atoms with van der Waals surface area (Å²) in [6.07, 6.45) is -0.645. The third kappa shape index (κ3) is 2.95. The molecule has 0 spiro atoms. The molecule has 4 heteroatoms. The van der Waals surface area contributed by atoms with Crippen LogP contribution in [0.2, 0.25) is 0 Å². The molecule has 0 aromatic heterocycles. The Labute approximate surface area is 73.5 Å². The normalized spacial score (nSPS) is 36.0. The van der Waals surface area contributed by atoms with E-state index in [2.05, 4.69) is 19.2 Å². The van der Waals surface area contributed by atoms with E-state index >= 15 is 0 Å². The molecule has 1 aliphatic rings. The van der Waals surface area contributed by atoms with Gasteiger partial charge >= 0.3 is 0 Å². The summed E-state index contributed by atoms with van der Waals surface area (Å²) in [7, 11) is 0. The van der Waals surface area contributed by atoms with E-state index in [1.807, 2.05) is 6.92 Å². The van der Waals surface area contributed by atoms with Gasteiger partial charge in [0.2, 0.25) is 0 Å². The SMILES string of the molecule is CC1NC(C)(C)COC1O.Cl. The zero-order valence-electron chi connectivity index (χ0n) is 7.13. The second-order valence-electron chi connectivity index (χ2n) is 3.52. The first-order valence-corrected chi connectivity index (χ1v) is 3.59. The van der Waals surface area contributed by atoms with Crippen molar-refractivity contribution in [1.29, 1.82) is 0 Å². The molecule has 3 nitrogen and oxygen atoms in total. The third-order valence-corrected chi connectivity index (χ3v) is 1.66. The molecule has 1 rings (SSSR count). The van der Waals surface area contributed by atoms with Gasteiger partial charge in [0.25, 0.3) is 0 Å². The lowest BCUT2D eigenvalue weighted by atomic mass is 10.0. The molecule has 1 heterocycles. The topological polar surface area (TPSA) is 41.5 Å². The summed E-state index contributed by atoms with van der Waals surface area (Å²) in [5, 5.41) is 12.4. The van der Waals surface area contributed by atoms with E-state index in [4.69, 9.17) is 9.84 Å². The quantitative estimate of drug-likeness (QED) is 0.573. The summed E-state index contributed by atoms with van der Waals surface area (Å²) in [6.45, 7) is 6.58. The Morgan fingerprint density at radius 2 is 2.09 bits per heavy atom. The number of ether oxygens (including phenoxy) is 1. The summed E-state index contributed by atoms with van der Waals surface area (Å²) in [5.41, 5.74) is -0.00134. The van der Waals surface area contributed by atoms with Crippen LogP contribution in [-0.2, 0) is 4.74 Å². The van der Waals surface area contributed by atoms with Crippen LogP contribution >= 0.6 is 12.4 Å². The van der Waals surface area contributed by atoms with Crippen LogP contribution in [0.1, 0.15) is 20.8 Å². The van der Waals surface area contributed by atoms with Crippen LogP contribution in [0.4, 0.5) is 0 Å². The first kappa shape index (κ1) is 11.2. The third-order valence-electron chi connectivity index (χ3n) is 1.66. The highest BCUT2D eigenvalue weighted by molar-refractivity contribution is 5.85. The van der Waals surface area contributed by atoms with Crippen molar-refractivity contribution in [3.8, 4) is 0 Å². The molecular weight excluding hydrogens is 166 g/mol. The molecule has 11 heavy (non-hydrogen) atoms. The van der Waals surface area contributed by atoms with Gasteiger partial charge < -0.3 is 15.2 Å². The molecule has 0 aliphatic carbocycles. The van der Waals surface area contributed by atoms with Gasteiger partial charge in [0.15, 0.2) is 6.29 Å². The predicted octanol–water partition coefficient (Wildman–Crippen LogP) is 0.513. The number of aliphatic hydroxyl groups excluding tert-OH is 1. The Morgan fingerprint density at radius 1 is 1.55 bits per heavy atom. The van der Waals surface area contributed by atoms with E-state index in [9.17, 15) is 0 Å². The van der Waals surface area contributed by atoms with Crippen LogP contribution in [0.15, 0.2) is 0 Å². The highest BCUT2D eigenvalue weighted by atomic mass is 35.5. The fraction of sp³-hybridized carbons (Fsp3) is 1.00. The van der Waals surface area contributed by atoms with Gasteiger partial charge in [-0.3, -0.25) is 0 Å². The standard InChI is InChI=1S/C7H15NO2.ClH/c1-5-6(9)10-4-7(2,3)8-5;/h5-6,8-9H,4H2,1-3H3;1H. The number of halogens is 1. The summed E-state index contributed by atoms with van der Waals surface area (Å²) in [4.78, 5) is 0. The monoisotopic (exact) mass is 181 g/mol. The van der Waals surface area contributed by atoms with Gasteiger partial charge in [-0.15, -0.1) is 12.4 Å². The maximum atomic E-state index is 9.13. The lowest BCUT2D eigenvalue weighted by molar-refractivity contribution is -0.161. The highest BCUT2D eigenvalue weighted by Crippen LogP contribution is 2.13. The molecule has 0 aromatic carbocycles. The molecule has 0 radical (unpaired) electrons. The van der Waals surface area contributed by atoms with Gasteiger partial charge in [-0.2, -0.15) is 0 Å². The van der Waals surface area contributed by atoms with Crippen molar-refractivity contribution in [2.45, 2.75) is 38.6 Å². The number of morpholine rings is 1. The van der Waals surface area contributed by atoms with Gasteiger partial charge in [-0.1, -0.05) is 0 Å². The average molecular weight is 182 g/mol. The molecule has 0 amide bonds. The molecular formula is C7H16ClNO2. The fourth-order valence-electron chi connectivity index (χ4n) is 1.17. The molecule has 0 aromatic rings. The lowest BCUT2D eigenvalue weighted by Crippen LogP contribution is -2.58. The fourth-order valence-corrected chi connectivity index (χ4v) is 1.17. The van der Waals surface area contributed by atoms with Crippen LogP contribution in [0.5, 0.6) is 0 Å². The van der Waals surface area contributed by atoms with Crippen molar-refractivity contribution in [2.24, 2.45) is 0 Å². The van der Waals surface area contributed by atoms with Crippen LogP contribution in [0.25, 0.3) is 0 Å². The maximum Gasteiger partial charge on any atom is 0.169 e. The van der Waals surface area contributed by atoms with Crippen LogP contribution in [-0.4, -0.2) is 29.6 Å². The zero-order chi connectivity index (χ0) is 7.78. The smallest absolute Gasteiger partial charge is 0.169 e. The Kier molecular flexibility index (Phi) is 3.77. The van der Waals surface area contributed by atoms with E-state index in [-0.39, 0.29) is 24.0 Å². The molecule has 0 bridgehead atoms. The van der Waals surface area contributed by atoms with Crippen molar-refractivity contribution in [2.75, 3.05) is 6.61 Å². The molecule has 0 saturated carbocycles. The number of hydrogen-bond acceptors (Lipinski definition) is 3. The second-order valence-corrected chi connectivity index (χ2v) is 3.52. The predicted molar refractivity (Wildman–Crippen MR) is 45.9 cm³/mol. The highest BCUT2D eigenvalue weighted by Gasteiger charge is 2.30. The first-order valence-electron chi connectivity index (χ1n) is 3.59. The van der Waals surface area contributed by atoms with E-state index in [1.165, 1.54) is 0 Å². The van der Waals surface area contributed by atoms with E-state index < -0.39 is 6.29 Å². The number of rotatable bonds is 0. The minimum absolute atomic E-state index is 0. The molecule has 2 unspecified atom stereocenters. The van der Waals surface area contributed by atoms with Crippen LogP contribution < -0.4 is 5.32 Å². The zero-order valence-corrected chi connectivity index (χ0v) is 7.94. The van der Waals surface area contributed by atoms with Gasteiger partial charge in [-0.25, -0.2) is 0 Å². The Morgan fingerprint density at radius 3 is 2.45 bits per heavy atom. The van der Waals surface area contributed by atoms with Gasteiger partial charge in [0.05, 0.1) is 12.6 Å². The Bertz CT molecular complexity index is 130. The Balaban J connectivity index is 0.000001000. The first-order chi connectivity index (χ1) is 4.51. The minimum atomic E-state index is -0.645. The Hall–Kier alpha value is 0.170. The van der Waals surface area contributed by atoms with Crippen molar-refractivity contribution in [3.05, 3.63) is 0 Å². The van der Waals surface area contributed by atoms with E-state index in [1.54, 1.807) is 0 Å². The minimum Gasteiger partial charge on any atom is -0.367 e. The number of nitrogens with one attached hydrogen (secondary N) is 1. The average Bonchev–Trinajstić information content (AvgIpc) is 1.79.